The molecule has 1 saturated heterocycles. The molecule has 0 spiro atoms. The van der Waals surface area contributed by atoms with E-state index in [4.69, 9.17) is 4.42 Å². The minimum absolute atomic E-state index is 0.0538. The second-order valence-electron chi connectivity index (χ2n) is 5.81. The third-order valence-electron chi connectivity index (χ3n) is 3.55. The number of hydrogen-bond acceptors (Lipinski definition) is 4. The van der Waals surface area contributed by atoms with E-state index in [2.05, 4.69) is 10.0 Å². The second-order valence-corrected chi connectivity index (χ2v) is 7.59. The van der Waals surface area contributed by atoms with Crippen molar-refractivity contribution in [3.8, 4) is 0 Å². The Balaban J connectivity index is 1.83. The molecular formula is C14H23N3O4S. The summed E-state index contributed by atoms with van der Waals surface area (Å²) in [6, 6.07) is 3.25. The average Bonchev–Trinajstić information content (AvgIpc) is 2.89. The highest BCUT2D eigenvalue weighted by Crippen LogP contribution is 2.11. The van der Waals surface area contributed by atoms with Crippen molar-refractivity contribution in [2.24, 2.45) is 0 Å². The van der Waals surface area contributed by atoms with Gasteiger partial charge in [-0.3, -0.25) is 0 Å². The molecule has 0 bridgehead atoms. The molecule has 1 fully saturated rings. The third-order valence-corrected chi connectivity index (χ3v) is 4.31. The molecule has 0 radical (unpaired) electrons. The van der Waals surface area contributed by atoms with E-state index in [1.54, 1.807) is 11.2 Å². The lowest BCUT2D eigenvalue weighted by Gasteiger charge is -2.33. The molecule has 1 aliphatic heterocycles. The molecule has 0 unspecified atom stereocenters. The van der Waals surface area contributed by atoms with Crippen molar-refractivity contribution in [2.75, 3.05) is 19.3 Å². The summed E-state index contributed by atoms with van der Waals surface area (Å²) in [5.41, 5.74) is 0. The molecule has 2 amide bonds. The van der Waals surface area contributed by atoms with Gasteiger partial charge in [-0.15, -0.1) is 0 Å². The number of urea groups is 1. The van der Waals surface area contributed by atoms with Crippen LogP contribution in [-0.2, 0) is 16.4 Å². The van der Waals surface area contributed by atoms with Gasteiger partial charge in [0, 0.05) is 31.6 Å². The van der Waals surface area contributed by atoms with Crippen LogP contribution in [0.5, 0.6) is 0 Å². The lowest BCUT2D eigenvalue weighted by Crippen LogP contribution is -2.53. The summed E-state index contributed by atoms with van der Waals surface area (Å²) < 4.78 is 30.4. The highest BCUT2D eigenvalue weighted by atomic mass is 32.2. The van der Waals surface area contributed by atoms with Crippen LogP contribution in [0, 0.1) is 0 Å². The Bertz CT molecular complexity index is 585. The fourth-order valence-electron chi connectivity index (χ4n) is 2.64. The number of furan rings is 1. The number of nitrogens with zero attached hydrogens (tertiary/aromatic N) is 1. The summed E-state index contributed by atoms with van der Waals surface area (Å²) in [5, 5.41) is 2.92. The van der Waals surface area contributed by atoms with Gasteiger partial charge in [-0.25, -0.2) is 17.9 Å². The molecule has 8 heteroatoms. The standard InChI is InChI=1S/C14H23N3O4S/c1-11(9-13-6-4-8-21-13)15-14(18)17-7-3-5-12(10-17)16-22(2,19)20/h4,6,8,11-12,16H,3,5,7,9-10H2,1-2H3,(H,15,18)/t11-,12-/m1/s1. The van der Waals surface area contributed by atoms with Crippen LogP contribution >= 0.6 is 0 Å². The third kappa shape index (κ3) is 5.34. The molecule has 2 heterocycles. The Morgan fingerprint density at radius 1 is 1.55 bits per heavy atom. The van der Waals surface area contributed by atoms with Crippen molar-refractivity contribution < 1.29 is 17.6 Å². The van der Waals surface area contributed by atoms with Crippen molar-refractivity contribution >= 4 is 16.1 Å². The van der Waals surface area contributed by atoms with Crippen molar-refractivity contribution in [3.05, 3.63) is 24.2 Å². The first-order valence-corrected chi connectivity index (χ1v) is 9.28. The molecule has 2 N–H and O–H groups in total. The second kappa shape index (κ2) is 7.15. The molecule has 2 atom stereocenters. The number of piperidine rings is 1. The first-order chi connectivity index (χ1) is 10.3. The number of rotatable bonds is 5. The van der Waals surface area contributed by atoms with Gasteiger partial charge in [0.15, 0.2) is 0 Å². The maximum absolute atomic E-state index is 12.3. The van der Waals surface area contributed by atoms with Crippen molar-refractivity contribution in [1.82, 2.24) is 14.9 Å². The topological polar surface area (TPSA) is 91.7 Å². The number of likely N-dealkylation sites (tertiary alicyclic amines) is 1. The van der Waals surface area contributed by atoms with E-state index in [-0.39, 0.29) is 18.1 Å². The van der Waals surface area contributed by atoms with Crippen LogP contribution in [0.2, 0.25) is 0 Å². The molecule has 22 heavy (non-hydrogen) atoms. The average molecular weight is 329 g/mol. The molecule has 0 aromatic carbocycles. The van der Waals surface area contributed by atoms with Crippen LogP contribution in [0.4, 0.5) is 4.79 Å². The normalized spacial score (nSPS) is 20.6. The van der Waals surface area contributed by atoms with Gasteiger partial charge in [0.2, 0.25) is 10.0 Å². The first kappa shape index (κ1) is 16.8. The van der Waals surface area contributed by atoms with Gasteiger partial charge in [0.05, 0.1) is 12.5 Å². The minimum Gasteiger partial charge on any atom is -0.469 e. The maximum Gasteiger partial charge on any atom is 0.317 e. The predicted octanol–water partition coefficient (Wildman–Crippen LogP) is 0.934. The molecule has 0 aliphatic carbocycles. The summed E-state index contributed by atoms with van der Waals surface area (Å²) in [4.78, 5) is 13.9. The number of amides is 2. The Morgan fingerprint density at radius 3 is 2.95 bits per heavy atom. The Kier molecular flexibility index (Phi) is 5.47. The number of nitrogens with one attached hydrogen (secondary N) is 2. The van der Waals surface area contributed by atoms with Crippen LogP contribution in [-0.4, -0.2) is 50.8 Å². The first-order valence-electron chi connectivity index (χ1n) is 7.38. The summed E-state index contributed by atoms with van der Waals surface area (Å²) in [6.45, 7) is 2.95. The van der Waals surface area contributed by atoms with Gasteiger partial charge in [0.1, 0.15) is 5.76 Å². The summed E-state index contributed by atoms with van der Waals surface area (Å²) >= 11 is 0. The molecule has 124 valence electrons. The molecule has 1 aromatic rings. The predicted molar refractivity (Wildman–Crippen MR) is 83.0 cm³/mol. The van der Waals surface area contributed by atoms with E-state index in [0.29, 0.717) is 19.5 Å². The van der Waals surface area contributed by atoms with Gasteiger partial charge in [-0.2, -0.15) is 0 Å². The van der Waals surface area contributed by atoms with E-state index < -0.39 is 10.0 Å². The molecule has 1 aliphatic rings. The molecule has 0 saturated carbocycles. The fourth-order valence-corrected chi connectivity index (χ4v) is 3.44. The summed E-state index contributed by atoms with van der Waals surface area (Å²) in [7, 11) is -3.25. The number of carbonyl (C=O) groups excluding carboxylic acids is 1. The van der Waals surface area contributed by atoms with Gasteiger partial charge in [-0.1, -0.05) is 0 Å². The van der Waals surface area contributed by atoms with Gasteiger partial charge >= 0.3 is 6.03 Å². The zero-order chi connectivity index (χ0) is 16.2. The molecule has 2 rings (SSSR count). The Labute approximate surface area is 131 Å². The maximum atomic E-state index is 12.3. The fraction of sp³-hybridized carbons (Fsp3) is 0.643. The molecule has 7 nitrogen and oxygen atoms in total. The summed E-state index contributed by atoms with van der Waals surface area (Å²) in [6.07, 6.45) is 4.90. The SMILES string of the molecule is C[C@H](Cc1ccco1)NC(=O)N1CCC[C@@H](NS(C)(=O)=O)C1. The van der Waals surface area contributed by atoms with Crippen molar-refractivity contribution in [1.29, 1.82) is 0 Å². The lowest BCUT2D eigenvalue weighted by atomic mass is 10.1. The van der Waals surface area contributed by atoms with Crippen molar-refractivity contribution in [3.63, 3.8) is 0 Å². The van der Waals surface area contributed by atoms with Gasteiger partial charge in [-0.05, 0) is 31.9 Å². The van der Waals surface area contributed by atoms with Crippen LogP contribution in [0.3, 0.4) is 0 Å². The number of carbonyl (C=O) groups is 1. The van der Waals surface area contributed by atoms with E-state index in [1.165, 1.54) is 0 Å². The zero-order valence-corrected chi connectivity index (χ0v) is 13.7. The Morgan fingerprint density at radius 2 is 2.32 bits per heavy atom. The van der Waals surface area contributed by atoms with E-state index in [9.17, 15) is 13.2 Å². The molecular weight excluding hydrogens is 306 g/mol. The van der Waals surface area contributed by atoms with Gasteiger partial charge < -0.3 is 14.6 Å². The highest BCUT2D eigenvalue weighted by Gasteiger charge is 2.26. The number of sulfonamides is 1. The van der Waals surface area contributed by atoms with Crippen molar-refractivity contribution in [2.45, 2.75) is 38.3 Å². The lowest BCUT2D eigenvalue weighted by molar-refractivity contribution is 0.174. The monoisotopic (exact) mass is 329 g/mol. The van der Waals surface area contributed by atoms with Gasteiger partial charge in [0.25, 0.3) is 0 Å². The summed E-state index contributed by atoms with van der Waals surface area (Å²) in [5.74, 6) is 0.822. The van der Waals surface area contributed by atoms with Crippen LogP contribution in [0.25, 0.3) is 0 Å². The number of hydrogen-bond donors (Lipinski definition) is 2. The largest absolute Gasteiger partial charge is 0.469 e. The smallest absolute Gasteiger partial charge is 0.317 e. The zero-order valence-electron chi connectivity index (χ0n) is 12.9. The van der Waals surface area contributed by atoms with Crippen LogP contribution < -0.4 is 10.0 Å². The van der Waals surface area contributed by atoms with Crippen LogP contribution in [0.15, 0.2) is 22.8 Å². The molecule has 1 aromatic heterocycles. The quantitative estimate of drug-likeness (QED) is 0.841. The minimum atomic E-state index is -3.25. The Hall–Kier alpha value is -1.54. The van der Waals surface area contributed by atoms with E-state index >= 15 is 0 Å². The van der Waals surface area contributed by atoms with E-state index in [1.807, 2.05) is 19.1 Å². The van der Waals surface area contributed by atoms with Crippen LogP contribution in [0.1, 0.15) is 25.5 Å². The van der Waals surface area contributed by atoms with E-state index in [0.717, 1.165) is 24.9 Å². The highest BCUT2D eigenvalue weighted by molar-refractivity contribution is 7.88.